The summed E-state index contributed by atoms with van der Waals surface area (Å²) in [5, 5.41) is 1.02. The van der Waals surface area contributed by atoms with E-state index in [-0.39, 0.29) is 10.7 Å². The minimum absolute atomic E-state index is 0.0675. The van der Waals surface area contributed by atoms with Crippen molar-refractivity contribution in [3.63, 3.8) is 0 Å². The molecule has 0 aliphatic carbocycles. The summed E-state index contributed by atoms with van der Waals surface area (Å²) < 4.78 is 12.8. The maximum absolute atomic E-state index is 12.8. The molecule has 0 aliphatic heterocycles. The Morgan fingerprint density at radius 3 is 2.36 bits per heavy atom. The monoisotopic (exact) mass is 189 g/mol. The van der Waals surface area contributed by atoms with Crippen molar-refractivity contribution in [1.29, 1.82) is 0 Å². The number of H-pyrrole nitrogens is 1. The molecular formula is C10H4FNO2. The highest BCUT2D eigenvalue weighted by Gasteiger charge is 2.02. The predicted octanol–water partition coefficient (Wildman–Crippen LogP) is -0.687. The Labute approximate surface area is 77.2 Å². The fourth-order valence-corrected chi connectivity index (χ4v) is 1.36. The molecule has 1 aromatic heterocycles. The second-order valence-corrected chi connectivity index (χ2v) is 2.77. The van der Waals surface area contributed by atoms with E-state index in [2.05, 4.69) is 4.98 Å². The number of aromatic amines is 1. The molecule has 0 aliphatic rings. The Hall–Kier alpha value is -2.15. The maximum atomic E-state index is 12.8. The molecular weight excluding hydrogens is 185 g/mol. The first kappa shape index (κ1) is 8.45. The highest BCUT2D eigenvalue weighted by atomic mass is 19.1. The van der Waals surface area contributed by atoms with Gasteiger partial charge in [0.1, 0.15) is 16.5 Å². The summed E-state index contributed by atoms with van der Waals surface area (Å²) in [7, 11) is 0. The summed E-state index contributed by atoms with van der Waals surface area (Å²) in [5.41, 5.74) is 0. The van der Waals surface area contributed by atoms with Gasteiger partial charge >= 0.3 is 0 Å². The van der Waals surface area contributed by atoms with Crippen LogP contribution < -0.4 is 10.7 Å². The number of nitrogens with one attached hydrogen (secondary N) is 1. The Kier molecular flexibility index (Phi) is 1.79. The smallest absolute Gasteiger partial charge is 0.151 e. The Morgan fingerprint density at radius 1 is 1.07 bits per heavy atom. The molecule has 0 saturated heterocycles. The number of benzene rings is 1. The minimum atomic E-state index is -0.467. The van der Waals surface area contributed by atoms with Crippen molar-refractivity contribution in [3.8, 4) is 0 Å². The van der Waals surface area contributed by atoms with Crippen LogP contribution in [-0.4, -0.2) is 16.9 Å². The number of hydrogen-bond donors (Lipinski definition) is 1. The molecule has 0 bridgehead atoms. The topological polar surface area (TPSA) is 49.9 Å². The predicted molar refractivity (Wildman–Crippen MR) is 47.1 cm³/mol. The van der Waals surface area contributed by atoms with Crippen molar-refractivity contribution in [2.75, 3.05) is 0 Å². The number of carbonyl (C=O) groups excluding carboxylic acids is 2. The molecule has 2 aromatic rings. The van der Waals surface area contributed by atoms with Crippen LogP contribution in [0.4, 0.5) is 4.39 Å². The summed E-state index contributed by atoms with van der Waals surface area (Å²) >= 11 is 0. The lowest BCUT2D eigenvalue weighted by molar-refractivity contribution is 0.566. The SMILES string of the molecule is O=C=c1[nH]c(=C=O)c2cc(F)ccc12. The van der Waals surface area contributed by atoms with Gasteiger partial charge < -0.3 is 4.98 Å². The zero-order chi connectivity index (χ0) is 10.1. The summed E-state index contributed by atoms with van der Waals surface area (Å²) in [5.74, 6) is 2.77. The molecule has 0 radical (unpaired) electrons. The van der Waals surface area contributed by atoms with Gasteiger partial charge in [0.05, 0.1) is 0 Å². The van der Waals surface area contributed by atoms with Crippen LogP contribution >= 0.6 is 0 Å². The summed E-state index contributed by atoms with van der Waals surface area (Å²) in [4.78, 5) is 23.4. The van der Waals surface area contributed by atoms with Crippen molar-refractivity contribution in [3.05, 3.63) is 34.7 Å². The Balaban J connectivity index is 3.22. The molecule has 1 N–H and O–H groups in total. The normalized spacial score (nSPS) is 9.79. The van der Waals surface area contributed by atoms with Gasteiger partial charge in [-0.3, -0.25) is 0 Å². The van der Waals surface area contributed by atoms with E-state index < -0.39 is 5.82 Å². The molecule has 0 saturated carbocycles. The number of fused-ring (bicyclic) bond motifs is 1. The van der Waals surface area contributed by atoms with Crippen molar-refractivity contribution in [2.24, 2.45) is 0 Å². The molecule has 0 unspecified atom stereocenters. The molecule has 0 atom stereocenters. The van der Waals surface area contributed by atoms with Gasteiger partial charge in [-0.15, -0.1) is 0 Å². The molecule has 1 heterocycles. The fraction of sp³-hybridized carbons (Fsp3) is 0. The van der Waals surface area contributed by atoms with Gasteiger partial charge in [-0.2, -0.15) is 0 Å². The first-order chi connectivity index (χ1) is 6.76. The van der Waals surface area contributed by atoms with Crippen molar-refractivity contribution < 1.29 is 14.0 Å². The minimum Gasteiger partial charge on any atom is -0.336 e. The summed E-state index contributed by atoms with van der Waals surface area (Å²) in [6.45, 7) is 0. The van der Waals surface area contributed by atoms with E-state index in [1.807, 2.05) is 0 Å². The van der Waals surface area contributed by atoms with Crippen LogP contribution in [0, 0.1) is 5.82 Å². The lowest BCUT2D eigenvalue weighted by Gasteiger charge is -1.87. The van der Waals surface area contributed by atoms with Crippen LogP contribution in [0.1, 0.15) is 0 Å². The van der Waals surface area contributed by atoms with Crippen molar-refractivity contribution in [1.82, 2.24) is 4.98 Å². The molecule has 3 nitrogen and oxygen atoms in total. The quantitative estimate of drug-likeness (QED) is 0.596. The number of aromatic nitrogens is 1. The van der Waals surface area contributed by atoms with Gasteiger partial charge in [0.2, 0.25) is 0 Å². The van der Waals surface area contributed by atoms with Gasteiger partial charge in [-0.25, -0.2) is 14.0 Å². The van der Waals surface area contributed by atoms with Gasteiger partial charge in [0, 0.05) is 10.8 Å². The third-order valence-electron chi connectivity index (χ3n) is 1.97. The van der Waals surface area contributed by atoms with Gasteiger partial charge in [0.15, 0.2) is 11.9 Å². The molecule has 4 heteroatoms. The standard InChI is InChI=1S/C10H4FNO2/c11-6-1-2-7-8(3-6)10(5-14)12-9(7)4-13/h1-3,12H. The lowest BCUT2D eigenvalue weighted by atomic mass is 10.2. The molecule has 0 amide bonds. The number of halogens is 1. The van der Waals surface area contributed by atoms with Crippen LogP contribution in [0.15, 0.2) is 18.2 Å². The number of rotatable bonds is 0. The molecule has 2 rings (SSSR count). The van der Waals surface area contributed by atoms with E-state index in [1.54, 1.807) is 11.9 Å². The van der Waals surface area contributed by atoms with E-state index in [1.165, 1.54) is 18.2 Å². The molecule has 1 aromatic carbocycles. The summed E-state index contributed by atoms with van der Waals surface area (Å²) in [6, 6.07) is 3.81. The largest absolute Gasteiger partial charge is 0.336 e. The van der Waals surface area contributed by atoms with E-state index in [9.17, 15) is 14.0 Å². The Bertz CT molecular complexity index is 661. The Morgan fingerprint density at radius 2 is 1.71 bits per heavy atom. The highest BCUT2D eigenvalue weighted by molar-refractivity contribution is 5.87. The first-order valence-electron chi connectivity index (χ1n) is 3.84. The third kappa shape index (κ3) is 1.07. The lowest BCUT2D eigenvalue weighted by Crippen LogP contribution is -2.11. The average Bonchev–Trinajstić information content (AvgIpc) is 2.55. The van der Waals surface area contributed by atoms with E-state index in [4.69, 9.17) is 0 Å². The third-order valence-corrected chi connectivity index (χ3v) is 1.97. The molecule has 0 spiro atoms. The highest BCUT2D eigenvalue weighted by Crippen LogP contribution is 2.06. The van der Waals surface area contributed by atoms with Crippen LogP contribution in [0.3, 0.4) is 0 Å². The first-order valence-corrected chi connectivity index (χ1v) is 3.84. The van der Waals surface area contributed by atoms with Crippen LogP contribution in [0.25, 0.3) is 10.8 Å². The van der Waals surface area contributed by atoms with Crippen molar-refractivity contribution in [2.45, 2.75) is 0 Å². The molecule has 68 valence electrons. The second-order valence-electron chi connectivity index (χ2n) is 2.77. The average molecular weight is 189 g/mol. The fourth-order valence-electron chi connectivity index (χ4n) is 1.36. The van der Waals surface area contributed by atoms with Crippen LogP contribution in [0.2, 0.25) is 0 Å². The van der Waals surface area contributed by atoms with Crippen molar-refractivity contribution >= 4 is 22.7 Å². The zero-order valence-corrected chi connectivity index (χ0v) is 6.93. The van der Waals surface area contributed by atoms with Gasteiger partial charge in [-0.1, -0.05) is 0 Å². The second kappa shape index (κ2) is 2.96. The van der Waals surface area contributed by atoms with Gasteiger partial charge in [-0.05, 0) is 18.2 Å². The molecule has 0 fully saturated rings. The van der Waals surface area contributed by atoms with E-state index in [0.717, 1.165) is 0 Å². The molecule has 14 heavy (non-hydrogen) atoms. The van der Waals surface area contributed by atoms with Gasteiger partial charge in [0.25, 0.3) is 0 Å². The van der Waals surface area contributed by atoms with Crippen LogP contribution in [0.5, 0.6) is 0 Å². The number of hydrogen-bond acceptors (Lipinski definition) is 2. The van der Waals surface area contributed by atoms with E-state index >= 15 is 0 Å². The van der Waals surface area contributed by atoms with E-state index in [0.29, 0.717) is 10.8 Å². The summed E-state index contributed by atoms with van der Waals surface area (Å²) in [6.07, 6.45) is 0. The maximum Gasteiger partial charge on any atom is 0.151 e. The van der Waals surface area contributed by atoms with Crippen LogP contribution in [-0.2, 0) is 9.59 Å². The zero-order valence-electron chi connectivity index (χ0n) is 6.93.